The van der Waals surface area contributed by atoms with Gasteiger partial charge in [-0.15, -0.1) is 0 Å². The van der Waals surface area contributed by atoms with Crippen LogP contribution in [0.25, 0.3) is 0 Å². The normalized spacial score (nSPS) is 17.5. The van der Waals surface area contributed by atoms with E-state index in [-0.39, 0.29) is 24.6 Å². The van der Waals surface area contributed by atoms with Crippen LogP contribution in [0.1, 0.15) is 18.4 Å². The van der Waals surface area contributed by atoms with Crippen molar-refractivity contribution in [2.75, 3.05) is 19.7 Å². The van der Waals surface area contributed by atoms with Gasteiger partial charge in [0.05, 0.1) is 12.5 Å². The van der Waals surface area contributed by atoms with Crippen molar-refractivity contribution in [1.29, 1.82) is 0 Å². The van der Waals surface area contributed by atoms with E-state index in [0.29, 0.717) is 6.61 Å². The van der Waals surface area contributed by atoms with Gasteiger partial charge in [0.15, 0.2) is 0 Å². The third-order valence-corrected chi connectivity index (χ3v) is 3.48. The molecule has 1 atom stereocenters. The van der Waals surface area contributed by atoms with Crippen molar-refractivity contribution in [3.63, 3.8) is 0 Å². The standard InChI is InChI=1S/C15H17F2NO4/c16-11-3-4-13(17)10(6-11)7-14(19)18(9-15(20)21)8-12-2-1-5-22-12/h3-4,6,12H,1-2,5,7-9H2,(H,20,21). The van der Waals surface area contributed by atoms with Gasteiger partial charge in [-0.05, 0) is 31.0 Å². The van der Waals surface area contributed by atoms with Crippen LogP contribution in [0, 0.1) is 11.6 Å². The highest BCUT2D eigenvalue weighted by Gasteiger charge is 2.25. The van der Waals surface area contributed by atoms with E-state index >= 15 is 0 Å². The summed E-state index contributed by atoms with van der Waals surface area (Å²) in [4.78, 5) is 24.2. The number of nitrogens with zero attached hydrogens (tertiary/aromatic N) is 1. The Balaban J connectivity index is 2.06. The topological polar surface area (TPSA) is 66.8 Å². The molecule has 120 valence electrons. The molecule has 0 saturated carbocycles. The lowest BCUT2D eigenvalue weighted by atomic mass is 10.1. The van der Waals surface area contributed by atoms with Crippen molar-refractivity contribution in [2.24, 2.45) is 0 Å². The highest BCUT2D eigenvalue weighted by Crippen LogP contribution is 2.15. The molecule has 1 N–H and O–H groups in total. The summed E-state index contributed by atoms with van der Waals surface area (Å²) in [5.41, 5.74) is -0.0901. The first-order valence-corrected chi connectivity index (χ1v) is 7.01. The number of halogens is 2. The number of ether oxygens (including phenoxy) is 1. The summed E-state index contributed by atoms with van der Waals surface area (Å²) >= 11 is 0. The number of amides is 1. The van der Waals surface area contributed by atoms with Crippen molar-refractivity contribution in [3.8, 4) is 0 Å². The molecule has 22 heavy (non-hydrogen) atoms. The number of aliphatic carboxylic acids is 1. The third-order valence-electron chi connectivity index (χ3n) is 3.48. The number of hydrogen-bond donors (Lipinski definition) is 1. The molecule has 1 aliphatic heterocycles. The quantitative estimate of drug-likeness (QED) is 0.866. The first kappa shape index (κ1) is 16.4. The van der Waals surface area contributed by atoms with Gasteiger partial charge < -0.3 is 14.7 Å². The Morgan fingerprint density at radius 1 is 1.36 bits per heavy atom. The largest absolute Gasteiger partial charge is 0.480 e. The van der Waals surface area contributed by atoms with Crippen molar-refractivity contribution in [3.05, 3.63) is 35.4 Å². The SMILES string of the molecule is O=C(O)CN(CC1CCCO1)C(=O)Cc1cc(F)ccc1F. The minimum Gasteiger partial charge on any atom is -0.480 e. The molecule has 2 rings (SSSR count). The van der Waals surface area contributed by atoms with Crippen LogP contribution < -0.4 is 0 Å². The highest BCUT2D eigenvalue weighted by molar-refractivity contribution is 5.83. The first-order valence-electron chi connectivity index (χ1n) is 7.01. The van der Waals surface area contributed by atoms with Crippen LogP contribution in [0.15, 0.2) is 18.2 Å². The van der Waals surface area contributed by atoms with Gasteiger partial charge >= 0.3 is 5.97 Å². The number of hydrogen-bond acceptors (Lipinski definition) is 3. The monoisotopic (exact) mass is 313 g/mol. The maximum absolute atomic E-state index is 13.6. The summed E-state index contributed by atoms with van der Waals surface area (Å²) in [6.45, 7) is 0.232. The predicted molar refractivity (Wildman–Crippen MR) is 73.3 cm³/mol. The number of carbonyl (C=O) groups excluding carboxylic acids is 1. The maximum Gasteiger partial charge on any atom is 0.323 e. The van der Waals surface area contributed by atoms with Crippen molar-refractivity contribution in [2.45, 2.75) is 25.4 Å². The van der Waals surface area contributed by atoms with Crippen LogP contribution in [0.4, 0.5) is 8.78 Å². The number of carboxylic acid groups (broad SMARTS) is 1. The van der Waals surface area contributed by atoms with Gasteiger partial charge in [0.1, 0.15) is 18.2 Å². The molecule has 1 amide bonds. The summed E-state index contributed by atoms with van der Waals surface area (Å²) in [5, 5.41) is 8.90. The molecule has 1 saturated heterocycles. The molecule has 5 nitrogen and oxygen atoms in total. The zero-order valence-electron chi connectivity index (χ0n) is 11.9. The second-order valence-corrected chi connectivity index (χ2v) is 5.22. The first-order chi connectivity index (χ1) is 10.5. The van der Waals surface area contributed by atoms with Crippen molar-refractivity contribution >= 4 is 11.9 Å². The average Bonchev–Trinajstić information content (AvgIpc) is 2.94. The van der Waals surface area contributed by atoms with Crippen LogP contribution in [-0.2, 0) is 20.7 Å². The maximum atomic E-state index is 13.6. The molecule has 1 unspecified atom stereocenters. The molecular formula is C15H17F2NO4. The Hall–Kier alpha value is -2.02. The molecule has 1 aromatic carbocycles. The van der Waals surface area contributed by atoms with Gasteiger partial charge in [0, 0.05) is 18.7 Å². The van der Waals surface area contributed by atoms with Gasteiger partial charge in [-0.1, -0.05) is 0 Å². The lowest BCUT2D eigenvalue weighted by Crippen LogP contribution is -2.41. The molecule has 0 spiro atoms. The van der Waals surface area contributed by atoms with E-state index in [4.69, 9.17) is 9.84 Å². The molecule has 0 radical (unpaired) electrons. The Morgan fingerprint density at radius 2 is 2.14 bits per heavy atom. The molecule has 1 aromatic rings. The molecule has 0 aromatic heterocycles. The number of rotatable bonds is 6. The van der Waals surface area contributed by atoms with Gasteiger partial charge in [-0.3, -0.25) is 9.59 Å². The van der Waals surface area contributed by atoms with E-state index in [0.717, 1.165) is 35.9 Å². The van der Waals surface area contributed by atoms with Crippen LogP contribution >= 0.6 is 0 Å². The van der Waals surface area contributed by atoms with Gasteiger partial charge in [-0.2, -0.15) is 0 Å². The summed E-state index contributed by atoms with van der Waals surface area (Å²) in [6.07, 6.45) is 1.01. The van der Waals surface area contributed by atoms with E-state index in [9.17, 15) is 18.4 Å². The van der Waals surface area contributed by atoms with E-state index in [1.54, 1.807) is 0 Å². The van der Waals surface area contributed by atoms with Gasteiger partial charge in [-0.25, -0.2) is 8.78 Å². The van der Waals surface area contributed by atoms with Gasteiger partial charge in [0.25, 0.3) is 0 Å². The minimum atomic E-state index is -1.16. The third kappa shape index (κ3) is 4.49. The molecule has 7 heteroatoms. The predicted octanol–water partition coefficient (Wildman–Crippen LogP) is 1.60. The Kier molecular flexibility index (Phi) is 5.43. The molecule has 1 aliphatic rings. The fourth-order valence-electron chi connectivity index (χ4n) is 2.41. The summed E-state index contributed by atoms with van der Waals surface area (Å²) < 4.78 is 32.1. The molecule has 1 heterocycles. The zero-order valence-corrected chi connectivity index (χ0v) is 11.9. The fourth-order valence-corrected chi connectivity index (χ4v) is 2.41. The second kappa shape index (κ2) is 7.31. The molecular weight excluding hydrogens is 296 g/mol. The molecule has 0 aliphatic carbocycles. The fraction of sp³-hybridized carbons (Fsp3) is 0.467. The van der Waals surface area contributed by atoms with E-state index < -0.39 is 30.1 Å². The second-order valence-electron chi connectivity index (χ2n) is 5.22. The van der Waals surface area contributed by atoms with Gasteiger partial charge in [0.2, 0.25) is 5.91 Å². The van der Waals surface area contributed by atoms with Crippen LogP contribution in [0.5, 0.6) is 0 Å². The Bertz CT molecular complexity index is 558. The van der Waals surface area contributed by atoms with E-state index in [1.807, 2.05) is 0 Å². The summed E-state index contributed by atoms with van der Waals surface area (Å²) in [6, 6.07) is 2.85. The molecule has 1 fully saturated rings. The summed E-state index contributed by atoms with van der Waals surface area (Å²) in [5.74, 6) is -3.07. The van der Waals surface area contributed by atoms with Crippen LogP contribution in [0.3, 0.4) is 0 Å². The lowest BCUT2D eigenvalue weighted by molar-refractivity contribution is -0.145. The van der Waals surface area contributed by atoms with Crippen LogP contribution in [-0.4, -0.2) is 47.7 Å². The van der Waals surface area contributed by atoms with Crippen molar-refractivity contribution in [1.82, 2.24) is 4.90 Å². The Labute approximate surface area is 126 Å². The molecule has 0 bridgehead atoms. The van der Waals surface area contributed by atoms with Crippen LogP contribution in [0.2, 0.25) is 0 Å². The summed E-state index contributed by atoms with van der Waals surface area (Å²) in [7, 11) is 0. The smallest absolute Gasteiger partial charge is 0.323 e. The number of carbonyl (C=O) groups is 2. The highest BCUT2D eigenvalue weighted by atomic mass is 19.1. The number of carboxylic acids is 1. The van der Waals surface area contributed by atoms with E-state index in [1.165, 1.54) is 0 Å². The Morgan fingerprint density at radius 3 is 2.77 bits per heavy atom. The van der Waals surface area contributed by atoms with E-state index in [2.05, 4.69) is 0 Å². The van der Waals surface area contributed by atoms with Crippen molar-refractivity contribution < 1.29 is 28.2 Å². The lowest BCUT2D eigenvalue weighted by Gasteiger charge is -2.24. The average molecular weight is 313 g/mol. The minimum absolute atomic E-state index is 0.0901. The zero-order chi connectivity index (χ0) is 16.1. The number of benzene rings is 1.